The van der Waals surface area contributed by atoms with Gasteiger partial charge in [0.1, 0.15) is 0 Å². The van der Waals surface area contributed by atoms with Crippen molar-refractivity contribution in [2.45, 2.75) is 129 Å². The average molecular weight is 659 g/mol. The SMILES string of the molecule is CC/C=C\C/C=C\C/C=C\C/C=C\C/C=C\CCCCCC(=O)O.CCCCCCCCCC=CC=CC=CC=CC=CC=CC(=O)O. The van der Waals surface area contributed by atoms with Crippen LogP contribution in [0, 0.1) is 0 Å². The first-order chi connectivity index (χ1) is 23.5. The highest BCUT2D eigenvalue weighted by Gasteiger charge is 1.94. The van der Waals surface area contributed by atoms with Gasteiger partial charge in [0.25, 0.3) is 0 Å². The molecule has 0 unspecified atom stereocenters. The van der Waals surface area contributed by atoms with Gasteiger partial charge in [-0.3, -0.25) is 4.79 Å². The zero-order chi connectivity index (χ0) is 35.4. The molecule has 0 heterocycles. The molecule has 0 fully saturated rings. The molecule has 0 aromatic heterocycles. The molecule has 2 N–H and O–H groups in total. The van der Waals surface area contributed by atoms with Gasteiger partial charge in [0.2, 0.25) is 0 Å². The van der Waals surface area contributed by atoms with Crippen LogP contribution in [0.5, 0.6) is 0 Å². The predicted octanol–water partition coefficient (Wildman–Crippen LogP) is 13.3. The molecule has 0 aromatic carbocycles. The first-order valence-electron chi connectivity index (χ1n) is 18.2. The highest BCUT2D eigenvalue weighted by Crippen LogP contribution is 2.08. The van der Waals surface area contributed by atoms with Crippen molar-refractivity contribution < 1.29 is 19.8 Å². The average Bonchev–Trinajstić information content (AvgIpc) is 3.07. The van der Waals surface area contributed by atoms with Crippen molar-refractivity contribution in [2.24, 2.45) is 0 Å². The van der Waals surface area contributed by atoms with Gasteiger partial charge >= 0.3 is 11.9 Å². The molecule has 0 atom stereocenters. The summed E-state index contributed by atoms with van der Waals surface area (Å²) in [4.78, 5) is 20.6. The summed E-state index contributed by atoms with van der Waals surface area (Å²) in [5, 5.41) is 16.9. The minimum Gasteiger partial charge on any atom is -0.481 e. The van der Waals surface area contributed by atoms with Crippen molar-refractivity contribution in [3.8, 4) is 0 Å². The van der Waals surface area contributed by atoms with Crippen LogP contribution >= 0.6 is 0 Å². The number of carbonyl (C=O) groups is 2. The van der Waals surface area contributed by atoms with Crippen molar-refractivity contribution in [1.29, 1.82) is 0 Å². The fourth-order valence-corrected chi connectivity index (χ4v) is 4.13. The predicted molar refractivity (Wildman–Crippen MR) is 210 cm³/mol. The summed E-state index contributed by atoms with van der Waals surface area (Å²) in [6, 6.07) is 0. The van der Waals surface area contributed by atoms with Crippen LogP contribution in [0.2, 0.25) is 0 Å². The van der Waals surface area contributed by atoms with E-state index in [2.05, 4.69) is 86.8 Å². The second-order valence-electron chi connectivity index (χ2n) is 11.3. The fraction of sp³-hybridized carbons (Fsp3) is 0.455. The molecule has 0 rings (SSSR count). The Bertz CT molecular complexity index is 1060. The molecule has 0 saturated heterocycles. The smallest absolute Gasteiger partial charge is 0.328 e. The molecule has 0 saturated carbocycles. The van der Waals surface area contributed by atoms with E-state index in [0.717, 1.165) is 70.3 Å². The van der Waals surface area contributed by atoms with Crippen molar-refractivity contribution in [2.75, 3.05) is 0 Å². The standard InChI is InChI=1S/C22H34O2.C22H32O2/c2*1-2-3-4-5-6-7-8-9-10-11-12-13-14-15-16-17-18-19-20-21-22(23)24/h3-4,6-7,9-10,12-13,15-16H,2,5,8,11,14,17-21H2,1H3,(H,23,24);10-21H,2-9H2,1H3,(H,23,24)/b4-3-,7-6-,10-9-,13-12-,16-15-;. The highest BCUT2D eigenvalue weighted by atomic mass is 16.4. The Balaban J connectivity index is 0. The molecule has 4 nitrogen and oxygen atoms in total. The lowest BCUT2D eigenvalue weighted by molar-refractivity contribution is -0.137. The topological polar surface area (TPSA) is 74.6 Å². The largest absolute Gasteiger partial charge is 0.481 e. The van der Waals surface area contributed by atoms with Crippen LogP contribution in [0.15, 0.2) is 134 Å². The minimum atomic E-state index is -0.936. The highest BCUT2D eigenvalue weighted by molar-refractivity contribution is 5.80. The monoisotopic (exact) mass is 658 g/mol. The maximum atomic E-state index is 10.3. The van der Waals surface area contributed by atoms with Gasteiger partial charge in [0.15, 0.2) is 0 Å². The number of hydrogen-bond donors (Lipinski definition) is 2. The van der Waals surface area contributed by atoms with Crippen LogP contribution in [-0.2, 0) is 9.59 Å². The van der Waals surface area contributed by atoms with E-state index in [0.29, 0.717) is 6.42 Å². The van der Waals surface area contributed by atoms with Crippen LogP contribution in [0.25, 0.3) is 0 Å². The lowest BCUT2D eigenvalue weighted by atomic mass is 10.1. The molecule has 48 heavy (non-hydrogen) atoms. The third-order valence-electron chi connectivity index (χ3n) is 6.77. The number of hydrogen-bond acceptors (Lipinski definition) is 2. The Hall–Kier alpha value is -3.92. The number of allylic oxidation sites excluding steroid dienone is 21. The van der Waals surface area contributed by atoms with Gasteiger partial charge < -0.3 is 10.2 Å². The maximum absolute atomic E-state index is 10.3. The van der Waals surface area contributed by atoms with Gasteiger partial charge in [-0.05, 0) is 64.2 Å². The van der Waals surface area contributed by atoms with Gasteiger partial charge in [0, 0.05) is 12.5 Å². The summed E-state index contributed by atoms with van der Waals surface area (Å²) in [7, 11) is 0. The van der Waals surface area contributed by atoms with E-state index in [1.807, 2.05) is 36.5 Å². The molecule has 0 aliphatic heterocycles. The number of carboxylic acids is 2. The van der Waals surface area contributed by atoms with Crippen molar-refractivity contribution >= 4 is 11.9 Å². The first kappa shape index (κ1) is 46.2. The normalized spacial score (nSPS) is 12.9. The molecule has 0 amide bonds. The van der Waals surface area contributed by atoms with E-state index < -0.39 is 11.9 Å². The summed E-state index contributed by atoms with van der Waals surface area (Å²) in [5.74, 6) is -1.63. The first-order valence-corrected chi connectivity index (χ1v) is 18.2. The van der Waals surface area contributed by atoms with Crippen LogP contribution in [0.3, 0.4) is 0 Å². The summed E-state index contributed by atoms with van der Waals surface area (Å²) in [6.45, 7) is 4.40. The summed E-state index contributed by atoms with van der Waals surface area (Å²) in [5.41, 5.74) is 0. The Morgan fingerprint density at radius 1 is 0.417 bits per heavy atom. The molecule has 0 aromatic rings. The molecular formula is C44H66O4. The van der Waals surface area contributed by atoms with Crippen LogP contribution in [0.1, 0.15) is 129 Å². The molecule has 0 bridgehead atoms. The van der Waals surface area contributed by atoms with E-state index in [-0.39, 0.29) is 0 Å². The van der Waals surface area contributed by atoms with Crippen molar-refractivity contribution in [1.82, 2.24) is 0 Å². The molecule has 0 spiro atoms. The van der Waals surface area contributed by atoms with Crippen LogP contribution in [-0.4, -0.2) is 22.2 Å². The van der Waals surface area contributed by atoms with Gasteiger partial charge in [-0.1, -0.05) is 186 Å². The minimum absolute atomic E-state index is 0.297. The van der Waals surface area contributed by atoms with Crippen LogP contribution in [0.4, 0.5) is 0 Å². The van der Waals surface area contributed by atoms with Gasteiger partial charge in [-0.15, -0.1) is 0 Å². The third kappa shape index (κ3) is 49.0. The van der Waals surface area contributed by atoms with E-state index in [1.54, 1.807) is 12.2 Å². The third-order valence-corrected chi connectivity index (χ3v) is 6.77. The molecule has 0 aliphatic rings. The zero-order valence-electron chi connectivity index (χ0n) is 30.1. The fourth-order valence-electron chi connectivity index (χ4n) is 4.13. The van der Waals surface area contributed by atoms with Crippen LogP contribution < -0.4 is 0 Å². The van der Waals surface area contributed by atoms with Crippen molar-refractivity contribution in [3.63, 3.8) is 0 Å². The molecule has 0 radical (unpaired) electrons. The number of aliphatic carboxylic acids is 2. The summed E-state index contributed by atoms with van der Waals surface area (Å²) in [6.07, 6.45) is 64.1. The van der Waals surface area contributed by atoms with Gasteiger partial charge in [-0.25, -0.2) is 4.79 Å². The zero-order valence-corrected chi connectivity index (χ0v) is 30.1. The molecular weight excluding hydrogens is 592 g/mol. The van der Waals surface area contributed by atoms with Gasteiger partial charge in [0.05, 0.1) is 0 Å². The van der Waals surface area contributed by atoms with E-state index in [4.69, 9.17) is 10.2 Å². The van der Waals surface area contributed by atoms with E-state index in [9.17, 15) is 9.59 Å². The molecule has 266 valence electrons. The second-order valence-corrected chi connectivity index (χ2v) is 11.3. The van der Waals surface area contributed by atoms with E-state index >= 15 is 0 Å². The number of rotatable bonds is 29. The number of carboxylic acid groups (broad SMARTS) is 2. The Morgan fingerprint density at radius 3 is 1.29 bits per heavy atom. The van der Waals surface area contributed by atoms with Gasteiger partial charge in [-0.2, -0.15) is 0 Å². The quantitative estimate of drug-likeness (QED) is 0.0363. The maximum Gasteiger partial charge on any atom is 0.328 e. The lowest BCUT2D eigenvalue weighted by Gasteiger charge is -1.98. The second kappa shape index (κ2) is 43.1. The summed E-state index contributed by atoms with van der Waals surface area (Å²) >= 11 is 0. The summed E-state index contributed by atoms with van der Waals surface area (Å²) < 4.78 is 0. The Morgan fingerprint density at radius 2 is 0.812 bits per heavy atom. The Kier molecular flexibility index (Phi) is 41.5. The molecule has 4 heteroatoms. The molecule has 0 aliphatic carbocycles. The Labute approximate surface area is 294 Å². The number of unbranched alkanes of at least 4 members (excludes halogenated alkanes) is 10. The van der Waals surface area contributed by atoms with E-state index in [1.165, 1.54) is 51.0 Å². The lowest BCUT2D eigenvalue weighted by Crippen LogP contribution is -1.93. The van der Waals surface area contributed by atoms with Crippen molar-refractivity contribution in [3.05, 3.63) is 134 Å².